The standard InChI is InChI=1S/C24H27B2N3O2/c1-14-8-18(13-28-12-14)16-4-5-17-11-22(7-6-20(30-3)15(2)10-22)23(19(17)9-16)24(25,26)31-21(27)29-23/h4-5,8-9,12-13,15,20H,6-7,10-11H2,1-3H3,(H2,27,29)/t15-,20-,22-,23+/m1/s1. The normalized spacial score (nSPS) is 33.3. The fourth-order valence-electron chi connectivity index (χ4n) is 6.46. The Kier molecular flexibility index (Phi) is 4.57. The molecule has 0 bridgehead atoms. The molecule has 2 spiro atoms. The van der Waals surface area contributed by atoms with E-state index < -0.39 is 10.9 Å². The maximum atomic E-state index is 6.67. The molecular formula is C24H27B2N3O2. The molecule has 3 aliphatic rings. The van der Waals surface area contributed by atoms with Crippen molar-refractivity contribution >= 4 is 21.7 Å². The Bertz CT molecular complexity index is 1070. The number of ether oxygens (including phenoxy) is 2. The monoisotopic (exact) mass is 411 g/mol. The number of aromatic nitrogens is 1. The molecule has 5 nitrogen and oxygen atoms in total. The van der Waals surface area contributed by atoms with E-state index in [9.17, 15) is 0 Å². The number of methoxy groups -OCH3 is 1. The molecule has 1 aliphatic heterocycles. The minimum atomic E-state index is -1.52. The SMILES string of the molecule is [B]C1([B])OC(N)=N[C@]12c1cc(-c3cncc(C)c3)ccc1C[C@]21CC[C@@H](OC)[C@H](C)C1. The zero-order chi connectivity index (χ0) is 22.0. The topological polar surface area (TPSA) is 69.7 Å². The van der Waals surface area contributed by atoms with Gasteiger partial charge in [-0.15, -0.1) is 0 Å². The van der Waals surface area contributed by atoms with Crippen molar-refractivity contribution in [1.29, 1.82) is 0 Å². The molecule has 2 aromatic rings. The summed E-state index contributed by atoms with van der Waals surface area (Å²) in [5.74, 6) is 0.346. The van der Waals surface area contributed by atoms with Crippen LogP contribution in [0.2, 0.25) is 0 Å². The Labute approximate surface area is 186 Å². The second-order valence-corrected chi connectivity index (χ2v) is 9.63. The van der Waals surface area contributed by atoms with E-state index in [-0.39, 0.29) is 17.5 Å². The second kappa shape index (κ2) is 6.86. The highest BCUT2D eigenvalue weighted by molar-refractivity contribution is 6.41. The molecule has 156 valence electrons. The first kappa shape index (κ1) is 20.6. The van der Waals surface area contributed by atoms with Crippen LogP contribution in [0, 0.1) is 18.3 Å². The van der Waals surface area contributed by atoms with Crippen LogP contribution in [0.5, 0.6) is 0 Å². The number of amidine groups is 1. The number of nitrogens with two attached hydrogens (primary N) is 1. The van der Waals surface area contributed by atoms with E-state index in [1.807, 2.05) is 19.3 Å². The predicted molar refractivity (Wildman–Crippen MR) is 123 cm³/mol. The lowest BCUT2D eigenvalue weighted by Crippen LogP contribution is -2.60. The maximum absolute atomic E-state index is 6.67. The highest BCUT2D eigenvalue weighted by atomic mass is 16.5. The molecule has 5 rings (SSSR count). The summed E-state index contributed by atoms with van der Waals surface area (Å²) in [6, 6.07) is 8.66. The van der Waals surface area contributed by atoms with Gasteiger partial charge in [-0.1, -0.05) is 19.1 Å². The van der Waals surface area contributed by atoms with Crippen LogP contribution in [0.3, 0.4) is 0 Å². The Morgan fingerprint density at radius 1 is 1.19 bits per heavy atom. The summed E-state index contributed by atoms with van der Waals surface area (Å²) < 4.78 is 11.5. The van der Waals surface area contributed by atoms with Gasteiger partial charge >= 0.3 is 0 Å². The van der Waals surface area contributed by atoms with Crippen molar-refractivity contribution in [3.05, 3.63) is 53.3 Å². The third-order valence-electron chi connectivity index (χ3n) is 7.68. The number of aryl methyl sites for hydroxylation is 1. The summed E-state index contributed by atoms with van der Waals surface area (Å²) in [6.45, 7) is 4.27. The molecule has 4 radical (unpaired) electrons. The highest BCUT2D eigenvalue weighted by Gasteiger charge is 2.68. The number of hydrogen-bond donors (Lipinski definition) is 1. The Hall–Kier alpha value is -2.27. The Balaban J connectivity index is 1.70. The third kappa shape index (κ3) is 2.82. The first-order chi connectivity index (χ1) is 14.7. The third-order valence-corrected chi connectivity index (χ3v) is 7.68. The van der Waals surface area contributed by atoms with Gasteiger partial charge in [0.1, 0.15) is 21.2 Å². The molecule has 7 heteroatoms. The molecule has 4 atom stereocenters. The average molecular weight is 411 g/mol. The van der Waals surface area contributed by atoms with Crippen molar-refractivity contribution in [2.24, 2.45) is 22.1 Å². The molecule has 0 unspecified atom stereocenters. The number of nitrogens with zero attached hydrogens (tertiary/aromatic N) is 2. The van der Waals surface area contributed by atoms with E-state index in [4.69, 9.17) is 35.9 Å². The largest absolute Gasteiger partial charge is 0.476 e. The van der Waals surface area contributed by atoms with Crippen molar-refractivity contribution < 1.29 is 9.47 Å². The van der Waals surface area contributed by atoms with E-state index in [0.717, 1.165) is 47.9 Å². The molecule has 2 aliphatic carbocycles. The van der Waals surface area contributed by atoms with Crippen molar-refractivity contribution in [3.8, 4) is 11.1 Å². The number of hydrogen-bond acceptors (Lipinski definition) is 5. The first-order valence-corrected chi connectivity index (χ1v) is 10.9. The van der Waals surface area contributed by atoms with Gasteiger partial charge in [0.2, 0.25) is 0 Å². The minimum absolute atomic E-state index is 0.0568. The van der Waals surface area contributed by atoms with Gasteiger partial charge in [0, 0.05) is 30.5 Å². The van der Waals surface area contributed by atoms with Crippen LogP contribution >= 0.6 is 0 Å². The summed E-state index contributed by atoms with van der Waals surface area (Å²) in [6.07, 6.45) is 7.48. The summed E-state index contributed by atoms with van der Waals surface area (Å²) in [4.78, 5) is 9.25. The van der Waals surface area contributed by atoms with E-state index in [1.165, 1.54) is 5.56 Å². The fourth-order valence-corrected chi connectivity index (χ4v) is 6.46. The molecule has 1 aromatic carbocycles. The number of benzene rings is 1. The van der Waals surface area contributed by atoms with Crippen LogP contribution in [-0.4, -0.2) is 45.3 Å². The van der Waals surface area contributed by atoms with Gasteiger partial charge in [-0.2, -0.15) is 0 Å². The highest BCUT2D eigenvalue weighted by Crippen LogP contribution is 2.65. The fraction of sp³-hybridized carbons (Fsp3) is 0.500. The van der Waals surface area contributed by atoms with Crippen LogP contribution in [0.25, 0.3) is 11.1 Å². The van der Waals surface area contributed by atoms with Crippen molar-refractivity contribution in [2.75, 3.05) is 7.11 Å². The number of rotatable bonds is 2. The summed E-state index contributed by atoms with van der Waals surface area (Å²) >= 11 is 0. The van der Waals surface area contributed by atoms with Gasteiger partial charge in [0.25, 0.3) is 6.02 Å². The Morgan fingerprint density at radius 2 is 2.00 bits per heavy atom. The van der Waals surface area contributed by atoms with Crippen molar-refractivity contribution in [3.63, 3.8) is 0 Å². The lowest BCUT2D eigenvalue weighted by atomic mass is 9.44. The van der Waals surface area contributed by atoms with Crippen molar-refractivity contribution in [1.82, 2.24) is 4.98 Å². The van der Waals surface area contributed by atoms with Gasteiger partial charge in [-0.25, -0.2) is 4.99 Å². The summed E-state index contributed by atoms with van der Waals surface area (Å²) in [7, 11) is 15.1. The van der Waals surface area contributed by atoms with Crippen LogP contribution in [-0.2, 0) is 21.4 Å². The van der Waals surface area contributed by atoms with Gasteiger partial charge in [-0.3, -0.25) is 4.98 Å². The first-order valence-electron chi connectivity index (χ1n) is 10.9. The maximum Gasteiger partial charge on any atom is 0.281 e. The molecule has 1 aromatic heterocycles. The van der Waals surface area contributed by atoms with Crippen molar-refractivity contribution in [2.45, 2.75) is 56.6 Å². The minimum Gasteiger partial charge on any atom is -0.476 e. The molecule has 2 heterocycles. The van der Waals surface area contributed by atoms with Crippen LogP contribution in [0.15, 0.2) is 41.7 Å². The zero-order valence-electron chi connectivity index (χ0n) is 18.4. The van der Waals surface area contributed by atoms with E-state index in [0.29, 0.717) is 5.92 Å². The number of aliphatic imine (C=N–C) groups is 1. The van der Waals surface area contributed by atoms with E-state index in [2.05, 4.69) is 36.2 Å². The number of fused-ring (bicyclic) bond motifs is 3. The van der Waals surface area contributed by atoms with Crippen LogP contribution < -0.4 is 5.73 Å². The second-order valence-electron chi connectivity index (χ2n) is 9.63. The summed E-state index contributed by atoms with van der Waals surface area (Å²) in [5, 5.41) is -1.52. The average Bonchev–Trinajstić information content (AvgIpc) is 3.12. The summed E-state index contributed by atoms with van der Waals surface area (Å²) in [5.41, 5.74) is 10.3. The van der Waals surface area contributed by atoms with E-state index >= 15 is 0 Å². The van der Waals surface area contributed by atoms with E-state index in [1.54, 1.807) is 7.11 Å². The van der Waals surface area contributed by atoms with Crippen LogP contribution in [0.1, 0.15) is 42.9 Å². The van der Waals surface area contributed by atoms with Gasteiger partial charge < -0.3 is 15.2 Å². The lowest BCUT2D eigenvalue weighted by Gasteiger charge is -2.53. The van der Waals surface area contributed by atoms with Crippen LogP contribution in [0.4, 0.5) is 0 Å². The molecule has 31 heavy (non-hydrogen) atoms. The molecule has 1 saturated carbocycles. The van der Waals surface area contributed by atoms with Gasteiger partial charge in [0.05, 0.1) is 11.5 Å². The number of pyridine rings is 1. The lowest BCUT2D eigenvalue weighted by molar-refractivity contribution is -0.0559. The zero-order valence-corrected chi connectivity index (χ0v) is 18.4. The van der Waals surface area contributed by atoms with Gasteiger partial charge in [0.15, 0.2) is 0 Å². The predicted octanol–water partition coefficient (Wildman–Crippen LogP) is 2.97. The smallest absolute Gasteiger partial charge is 0.281 e. The quantitative estimate of drug-likeness (QED) is 0.772. The molecular weight excluding hydrogens is 384 g/mol. The Morgan fingerprint density at radius 3 is 2.65 bits per heavy atom. The molecule has 0 saturated heterocycles. The molecule has 2 N–H and O–H groups in total. The van der Waals surface area contributed by atoms with Gasteiger partial charge in [-0.05, 0) is 72.9 Å². The molecule has 1 fully saturated rings. The molecule has 0 amide bonds.